The van der Waals surface area contributed by atoms with Crippen molar-refractivity contribution in [2.75, 3.05) is 32.4 Å². The van der Waals surface area contributed by atoms with Crippen molar-refractivity contribution in [2.24, 2.45) is 17.2 Å². The number of sulfonamides is 2. The third-order valence-corrected chi connectivity index (χ3v) is 7.99. The fourth-order valence-electron chi connectivity index (χ4n) is 3.43. The molecule has 20 heteroatoms. The lowest BCUT2D eigenvalue weighted by Gasteiger charge is -2.23. The number of hydrogen-bond acceptors (Lipinski definition) is 13. The number of benzene rings is 1. The lowest BCUT2D eigenvalue weighted by atomic mass is 10.2. The van der Waals surface area contributed by atoms with E-state index in [1.807, 2.05) is 4.83 Å². The van der Waals surface area contributed by atoms with Crippen LogP contribution in [0.5, 0.6) is 11.8 Å². The summed E-state index contributed by atoms with van der Waals surface area (Å²) in [5.74, 6) is -3.85. The second-order valence-corrected chi connectivity index (χ2v) is 11.2. The van der Waals surface area contributed by atoms with Gasteiger partial charge in [-0.15, -0.1) is 9.23 Å². The number of guanidine groups is 1. The van der Waals surface area contributed by atoms with Crippen LogP contribution >= 0.6 is 0 Å². The van der Waals surface area contributed by atoms with Gasteiger partial charge in [-0.05, 0) is 26.0 Å². The highest BCUT2D eigenvalue weighted by atomic mass is 32.2. The highest BCUT2D eigenvalue weighted by molar-refractivity contribution is 7.90. The third-order valence-electron chi connectivity index (χ3n) is 5.24. The van der Waals surface area contributed by atoms with E-state index < -0.39 is 59.4 Å². The molecule has 18 nitrogen and oxygen atoms in total. The van der Waals surface area contributed by atoms with Crippen LogP contribution in [0, 0.1) is 0 Å². The molecule has 3 aromatic rings. The third kappa shape index (κ3) is 7.34. The van der Waals surface area contributed by atoms with Gasteiger partial charge >= 0.3 is 22.0 Å². The summed E-state index contributed by atoms with van der Waals surface area (Å²) in [7, 11) is -5.93. The summed E-state index contributed by atoms with van der Waals surface area (Å²) in [4.78, 5) is 34.4. The van der Waals surface area contributed by atoms with Gasteiger partial charge < -0.3 is 24.7 Å². The smallest absolute Gasteiger partial charge is 0.342 e. The number of aryl methyl sites for hydroxylation is 1. The zero-order valence-electron chi connectivity index (χ0n) is 23.5. The van der Waals surface area contributed by atoms with E-state index in [1.54, 1.807) is 0 Å². The number of carbonyl (C=O) groups is 2. The minimum absolute atomic E-state index is 0.0382. The Bertz CT molecular complexity index is 1730. The van der Waals surface area contributed by atoms with Gasteiger partial charge in [-0.3, -0.25) is 4.68 Å². The number of anilines is 1. The number of aromatic nitrogens is 4. The van der Waals surface area contributed by atoms with E-state index in [2.05, 4.69) is 19.5 Å². The first kappa shape index (κ1) is 32.7. The Hall–Kier alpha value is -4.82. The minimum atomic E-state index is -4.88. The van der Waals surface area contributed by atoms with Crippen molar-refractivity contribution in [1.82, 2.24) is 24.6 Å². The average molecular weight is 641 g/mol. The highest BCUT2D eigenvalue weighted by Gasteiger charge is 2.32. The van der Waals surface area contributed by atoms with Crippen molar-refractivity contribution >= 4 is 43.9 Å². The summed E-state index contributed by atoms with van der Waals surface area (Å²) in [6.07, 6.45) is 0.958. The Morgan fingerprint density at radius 1 is 0.977 bits per heavy atom. The second kappa shape index (κ2) is 13.4. The van der Waals surface area contributed by atoms with E-state index in [1.165, 1.54) is 59.4 Å². The topological polar surface area (TPSA) is 237 Å². The Labute approximate surface area is 246 Å². The quantitative estimate of drug-likeness (QED) is 0.115. The number of nitrogens with zero attached hydrogens (tertiary/aromatic N) is 6. The highest BCUT2D eigenvalue weighted by Crippen LogP contribution is 2.23. The van der Waals surface area contributed by atoms with E-state index in [-0.39, 0.29) is 30.5 Å². The lowest BCUT2D eigenvalue weighted by Crippen LogP contribution is -2.51. The van der Waals surface area contributed by atoms with Gasteiger partial charge in [-0.25, -0.2) is 18.0 Å². The van der Waals surface area contributed by atoms with Gasteiger partial charge in [0.2, 0.25) is 17.7 Å². The maximum Gasteiger partial charge on any atom is 0.342 e. The van der Waals surface area contributed by atoms with E-state index in [0.717, 1.165) is 16.9 Å². The number of hydrazine groups is 1. The van der Waals surface area contributed by atoms with Gasteiger partial charge in [0.15, 0.2) is 5.03 Å². The number of esters is 2. The fourth-order valence-corrected chi connectivity index (χ4v) is 5.85. The Morgan fingerprint density at radius 3 is 2.09 bits per heavy atom. The largest absolute Gasteiger partial charge is 0.481 e. The number of rotatable bonds is 12. The molecule has 0 amide bonds. The predicted molar refractivity (Wildman–Crippen MR) is 148 cm³/mol. The number of hydrogen-bond donors (Lipinski definition) is 2. The number of nitrogens with one attached hydrogen (secondary N) is 1. The molecule has 2 heterocycles. The van der Waals surface area contributed by atoms with Gasteiger partial charge in [-0.2, -0.15) is 28.5 Å². The molecule has 0 aliphatic heterocycles. The van der Waals surface area contributed by atoms with Crippen LogP contribution in [0.4, 0.5) is 5.95 Å². The molecule has 0 atom stereocenters. The van der Waals surface area contributed by atoms with Crippen LogP contribution in [0.25, 0.3) is 0 Å². The van der Waals surface area contributed by atoms with Crippen molar-refractivity contribution in [3.63, 3.8) is 0 Å². The molecule has 0 saturated heterocycles. The molecular formula is C23H28N8O10S2. The fraction of sp³-hybridized carbons (Fsp3) is 0.304. The van der Waals surface area contributed by atoms with E-state index in [0.29, 0.717) is 5.01 Å². The summed E-state index contributed by atoms with van der Waals surface area (Å²) >= 11 is 0. The van der Waals surface area contributed by atoms with E-state index in [4.69, 9.17) is 24.7 Å². The minimum Gasteiger partial charge on any atom is -0.481 e. The summed E-state index contributed by atoms with van der Waals surface area (Å²) < 4.78 is 78.4. The van der Waals surface area contributed by atoms with Gasteiger partial charge in [0.1, 0.15) is 5.56 Å². The molecule has 232 valence electrons. The molecule has 0 fully saturated rings. The first-order valence-corrected chi connectivity index (χ1v) is 15.1. The zero-order valence-corrected chi connectivity index (χ0v) is 25.2. The molecule has 0 aliphatic carbocycles. The first-order chi connectivity index (χ1) is 20.3. The maximum atomic E-state index is 13.6. The molecule has 2 aromatic heterocycles. The summed E-state index contributed by atoms with van der Waals surface area (Å²) in [5.41, 5.74) is 5.28. The number of nitrogens with two attached hydrogens (primary N) is 1. The standard InChI is InChI=1S/C23H28N8O10S2/c1-6-40-20(32)14-10-8-9-11-16(14)42(34,35)29-31(23-26-17(38-4)12-18(27-23)39-5)22(24)28-43(36,37)19-15(13-25-30(19)3)21(33)41-7-2/h8-13,29H,6-7H2,1-5H3,(H2,24,28). The van der Waals surface area contributed by atoms with Crippen LogP contribution in [0.15, 0.2) is 50.8 Å². The summed E-state index contributed by atoms with van der Waals surface area (Å²) in [6.45, 7) is 2.96. The Balaban J connectivity index is 2.22. The SMILES string of the molecule is CCOC(=O)c1ccccc1S(=O)(=O)NN(C(N)=NS(=O)(=O)c1c(C(=O)OCC)cnn1C)c1nc(OC)cc(OC)n1. The van der Waals surface area contributed by atoms with Gasteiger partial charge in [0.25, 0.3) is 16.0 Å². The molecule has 0 saturated carbocycles. The Morgan fingerprint density at radius 2 is 1.53 bits per heavy atom. The van der Waals surface area contributed by atoms with Crippen molar-refractivity contribution < 1.29 is 45.4 Å². The molecule has 0 bridgehead atoms. The van der Waals surface area contributed by atoms with Crippen LogP contribution in [0.2, 0.25) is 0 Å². The number of carbonyl (C=O) groups excluding carboxylic acids is 2. The zero-order chi connectivity index (χ0) is 31.9. The van der Waals surface area contributed by atoms with Crippen LogP contribution in [-0.4, -0.2) is 81.9 Å². The van der Waals surface area contributed by atoms with Gasteiger partial charge in [0, 0.05) is 7.05 Å². The van der Waals surface area contributed by atoms with Crippen LogP contribution in [0.3, 0.4) is 0 Å². The summed E-state index contributed by atoms with van der Waals surface area (Å²) in [6, 6.07) is 6.32. The first-order valence-electron chi connectivity index (χ1n) is 12.1. The molecule has 3 rings (SSSR count). The van der Waals surface area contributed by atoms with Crippen molar-refractivity contribution in [3.05, 3.63) is 47.7 Å². The van der Waals surface area contributed by atoms with Gasteiger partial charge in [0.05, 0.1) is 50.2 Å². The molecule has 0 aliphatic rings. The summed E-state index contributed by atoms with van der Waals surface area (Å²) in [5, 5.41) is 3.48. The molecule has 0 unspecified atom stereocenters. The van der Waals surface area contributed by atoms with E-state index in [9.17, 15) is 26.4 Å². The predicted octanol–water partition coefficient (Wildman–Crippen LogP) is -0.0158. The lowest BCUT2D eigenvalue weighted by molar-refractivity contribution is 0.0512. The number of ether oxygens (including phenoxy) is 4. The Kier molecular flexibility index (Phi) is 10.2. The van der Waals surface area contributed by atoms with Crippen molar-refractivity contribution in [2.45, 2.75) is 23.8 Å². The van der Waals surface area contributed by atoms with Crippen LogP contribution < -0.4 is 25.0 Å². The van der Waals surface area contributed by atoms with Gasteiger partial charge in [-0.1, -0.05) is 12.1 Å². The normalized spacial score (nSPS) is 12.0. The van der Waals surface area contributed by atoms with E-state index >= 15 is 0 Å². The molecule has 43 heavy (non-hydrogen) atoms. The molecule has 0 radical (unpaired) electrons. The monoisotopic (exact) mass is 640 g/mol. The van der Waals surface area contributed by atoms with Crippen molar-refractivity contribution in [3.8, 4) is 11.8 Å². The average Bonchev–Trinajstić information content (AvgIpc) is 3.38. The molecule has 3 N–H and O–H groups in total. The maximum absolute atomic E-state index is 13.6. The molecular weight excluding hydrogens is 612 g/mol. The molecule has 0 spiro atoms. The van der Waals surface area contributed by atoms with Crippen molar-refractivity contribution in [1.29, 1.82) is 0 Å². The molecule has 1 aromatic carbocycles. The second-order valence-electron chi connectivity index (χ2n) is 8.03. The van der Waals surface area contributed by atoms with Crippen LogP contribution in [0.1, 0.15) is 34.6 Å². The number of methoxy groups -OCH3 is 2. The van der Waals surface area contributed by atoms with Crippen LogP contribution in [-0.2, 0) is 36.6 Å².